The second kappa shape index (κ2) is 57.4. The van der Waals surface area contributed by atoms with Gasteiger partial charge in [-0.05, 0) is 70.6 Å². The Balaban J connectivity index is 2.11. The number of allylic oxidation sites excluding steroid dienone is 7. The first kappa shape index (κ1) is 73.2. The zero-order valence-corrected chi connectivity index (χ0v) is 50.5. The minimum absolute atomic E-state index is 0.186. The topological polar surface area (TPSA) is 149 Å². The highest BCUT2D eigenvalue weighted by Crippen LogP contribution is 2.23. The summed E-state index contributed by atoms with van der Waals surface area (Å²) in [7, 11) is 0. The lowest BCUT2D eigenvalue weighted by Crippen LogP contribution is -2.60. The van der Waals surface area contributed by atoms with Crippen molar-refractivity contribution in [1.29, 1.82) is 0 Å². The van der Waals surface area contributed by atoms with Crippen molar-refractivity contribution in [3.05, 3.63) is 48.6 Å². The molecule has 7 atom stereocenters. The van der Waals surface area contributed by atoms with Gasteiger partial charge in [0.05, 0.1) is 25.4 Å². The van der Waals surface area contributed by atoms with E-state index in [0.717, 1.165) is 44.9 Å². The molecule has 0 saturated carbocycles. The number of rotatable bonds is 58. The molecule has 1 aliphatic heterocycles. The molecular formula is C68H127NO8. The van der Waals surface area contributed by atoms with E-state index < -0.39 is 49.5 Å². The number of aliphatic hydroxyl groups is 5. The number of hydrogen-bond donors (Lipinski definition) is 6. The van der Waals surface area contributed by atoms with Gasteiger partial charge in [0.25, 0.3) is 0 Å². The molecule has 9 nitrogen and oxygen atoms in total. The SMILES string of the molecule is CCCCCCCCCC/C=C\CCCCCCCCCCCCCCCCCCCCCCCCCC(=O)NC(COC1OC(CO)C(O)C(O)C1O)C(O)/C=C/CC/C=C/CC/C=C/CCCCCCCCCCC. The van der Waals surface area contributed by atoms with E-state index >= 15 is 0 Å². The Labute approximate surface area is 475 Å². The van der Waals surface area contributed by atoms with Crippen molar-refractivity contribution in [3.63, 3.8) is 0 Å². The van der Waals surface area contributed by atoms with Crippen molar-refractivity contribution in [2.75, 3.05) is 13.2 Å². The first-order chi connectivity index (χ1) is 37.8. The van der Waals surface area contributed by atoms with E-state index in [2.05, 4.69) is 55.6 Å². The van der Waals surface area contributed by atoms with Crippen LogP contribution in [0.5, 0.6) is 0 Å². The van der Waals surface area contributed by atoms with Gasteiger partial charge in [-0.25, -0.2) is 0 Å². The first-order valence-corrected chi connectivity index (χ1v) is 33.4. The molecule has 7 unspecified atom stereocenters. The summed E-state index contributed by atoms with van der Waals surface area (Å²) in [6.45, 7) is 3.79. The Morgan fingerprint density at radius 1 is 0.429 bits per heavy atom. The molecule has 0 aromatic rings. The third kappa shape index (κ3) is 46.5. The molecule has 0 aliphatic carbocycles. The van der Waals surface area contributed by atoms with Crippen LogP contribution in [0.4, 0.5) is 0 Å². The molecule has 1 fully saturated rings. The number of carbonyl (C=O) groups excluding carboxylic acids is 1. The molecular weight excluding hydrogens is 959 g/mol. The highest BCUT2D eigenvalue weighted by Gasteiger charge is 2.44. The quantitative estimate of drug-likeness (QED) is 0.0261. The van der Waals surface area contributed by atoms with Gasteiger partial charge >= 0.3 is 0 Å². The molecule has 1 aliphatic rings. The summed E-state index contributed by atoms with van der Waals surface area (Å²) in [5.41, 5.74) is 0. The van der Waals surface area contributed by atoms with Crippen LogP contribution in [0.2, 0.25) is 0 Å². The zero-order chi connectivity index (χ0) is 55.8. The second-order valence-electron chi connectivity index (χ2n) is 23.2. The Bertz CT molecular complexity index is 1350. The van der Waals surface area contributed by atoms with Gasteiger partial charge in [-0.3, -0.25) is 4.79 Å². The molecule has 0 radical (unpaired) electrons. The Morgan fingerprint density at radius 3 is 1.09 bits per heavy atom. The standard InChI is InChI=1S/C68H127NO8/c1-3-5-7-9-11-13-15-17-19-21-23-24-25-26-27-28-29-30-31-32-33-34-35-36-37-38-40-42-44-46-48-50-52-54-56-58-64(72)69-61(60-76-68-67(75)66(74)65(73)63(59-70)77-68)62(71)57-55-53-51-49-47-45-43-41-39-22-20-18-16-14-12-10-8-6-4-2/h21,23,39,41,47,49,55,57,61-63,65-68,70-71,73-75H,3-20,22,24-38,40,42-46,48,50-54,56,58-60H2,1-2H3,(H,69,72)/b23-21-,41-39+,49-47+,57-55+. The van der Waals surface area contributed by atoms with Gasteiger partial charge in [-0.1, -0.05) is 294 Å². The number of amides is 1. The number of hydrogen-bond acceptors (Lipinski definition) is 8. The number of carbonyl (C=O) groups is 1. The Hall–Kier alpha value is -1.85. The lowest BCUT2D eigenvalue weighted by atomic mass is 9.99. The van der Waals surface area contributed by atoms with Crippen LogP contribution < -0.4 is 5.32 Å². The number of unbranched alkanes of at least 4 members (excludes halogenated alkanes) is 42. The number of ether oxygens (including phenoxy) is 2. The van der Waals surface area contributed by atoms with Crippen molar-refractivity contribution >= 4 is 5.91 Å². The number of aliphatic hydroxyl groups excluding tert-OH is 5. The smallest absolute Gasteiger partial charge is 0.220 e. The van der Waals surface area contributed by atoms with E-state index in [4.69, 9.17) is 9.47 Å². The van der Waals surface area contributed by atoms with Gasteiger partial charge in [0.2, 0.25) is 5.91 Å². The average molecular weight is 1090 g/mol. The highest BCUT2D eigenvalue weighted by molar-refractivity contribution is 5.76. The molecule has 1 saturated heterocycles. The predicted molar refractivity (Wildman–Crippen MR) is 327 cm³/mol. The molecule has 9 heteroatoms. The molecule has 452 valence electrons. The largest absolute Gasteiger partial charge is 0.394 e. The summed E-state index contributed by atoms with van der Waals surface area (Å²) in [5, 5.41) is 54.6. The van der Waals surface area contributed by atoms with Crippen molar-refractivity contribution in [1.82, 2.24) is 5.32 Å². The van der Waals surface area contributed by atoms with Crippen LogP contribution >= 0.6 is 0 Å². The van der Waals surface area contributed by atoms with Crippen molar-refractivity contribution < 1.29 is 39.8 Å². The minimum atomic E-state index is -1.57. The van der Waals surface area contributed by atoms with E-state index in [1.165, 1.54) is 257 Å². The molecule has 0 aromatic heterocycles. The van der Waals surface area contributed by atoms with Gasteiger partial charge in [-0.2, -0.15) is 0 Å². The summed E-state index contributed by atoms with van der Waals surface area (Å²) in [6.07, 6.45) is 70.8. The average Bonchev–Trinajstić information content (AvgIpc) is 3.43. The van der Waals surface area contributed by atoms with E-state index in [1.54, 1.807) is 6.08 Å². The van der Waals surface area contributed by atoms with Crippen molar-refractivity contribution in [2.24, 2.45) is 0 Å². The number of nitrogens with one attached hydrogen (secondary N) is 1. The molecule has 1 rings (SSSR count). The maximum absolute atomic E-state index is 13.1. The molecule has 0 bridgehead atoms. The van der Waals surface area contributed by atoms with Gasteiger partial charge in [0.15, 0.2) is 6.29 Å². The molecule has 1 heterocycles. The van der Waals surface area contributed by atoms with Crippen LogP contribution in [-0.4, -0.2) is 87.5 Å². The van der Waals surface area contributed by atoms with Crippen LogP contribution in [0.1, 0.15) is 322 Å². The Kier molecular flexibility index (Phi) is 54.5. The van der Waals surface area contributed by atoms with E-state index in [0.29, 0.717) is 6.42 Å². The van der Waals surface area contributed by atoms with E-state index in [1.807, 2.05) is 6.08 Å². The van der Waals surface area contributed by atoms with Crippen molar-refractivity contribution in [3.8, 4) is 0 Å². The maximum atomic E-state index is 13.1. The van der Waals surface area contributed by atoms with Crippen LogP contribution in [-0.2, 0) is 14.3 Å². The zero-order valence-electron chi connectivity index (χ0n) is 50.5. The monoisotopic (exact) mass is 1090 g/mol. The van der Waals surface area contributed by atoms with Gasteiger partial charge < -0.3 is 40.3 Å². The van der Waals surface area contributed by atoms with Crippen molar-refractivity contribution in [2.45, 2.75) is 365 Å². The summed E-state index contributed by atoms with van der Waals surface area (Å²) in [6, 6.07) is -0.828. The van der Waals surface area contributed by atoms with Crippen LogP contribution in [0, 0.1) is 0 Å². The summed E-state index contributed by atoms with van der Waals surface area (Å²) in [5.74, 6) is -0.186. The van der Waals surface area contributed by atoms with E-state index in [-0.39, 0.29) is 12.5 Å². The summed E-state index contributed by atoms with van der Waals surface area (Å²) < 4.78 is 11.3. The lowest BCUT2D eigenvalue weighted by molar-refractivity contribution is -0.302. The third-order valence-corrected chi connectivity index (χ3v) is 15.9. The van der Waals surface area contributed by atoms with Gasteiger partial charge in [0.1, 0.15) is 24.4 Å². The fourth-order valence-corrected chi connectivity index (χ4v) is 10.6. The van der Waals surface area contributed by atoms with Crippen LogP contribution in [0.3, 0.4) is 0 Å². The lowest BCUT2D eigenvalue weighted by Gasteiger charge is -2.40. The fraction of sp³-hybridized carbons (Fsp3) is 0.868. The molecule has 0 aromatic carbocycles. The minimum Gasteiger partial charge on any atom is -0.394 e. The van der Waals surface area contributed by atoms with Crippen LogP contribution in [0.15, 0.2) is 48.6 Å². The highest BCUT2D eigenvalue weighted by atomic mass is 16.7. The predicted octanol–water partition coefficient (Wildman–Crippen LogP) is 17.6. The molecule has 77 heavy (non-hydrogen) atoms. The summed E-state index contributed by atoms with van der Waals surface area (Å²) in [4.78, 5) is 13.1. The fourth-order valence-electron chi connectivity index (χ4n) is 10.6. The molecule has 6 N–H and O–H groups in total. The Morgan fingerprint density at radius 2 is 0.740 bits per heavy atom. The molecule has 1 amide bonds. The maximum Gasteiger partial charge on any atom is 0.220 e. The van der Waals surface area contributed by atoms with Gasteiger partial charge in [0, 0.05) is 6.42 Å². The summed E-state index contributed by atoms with van der Waals surface area (Å²) >= 11 is 0. The molecule has 0 spiro atoms. The third-order valence-electron chi connectivity index (χ3n) is 15.9. The van der Waals surface area contributed by atoms with E-state index in [9.17, 15) is 30.3 Å². The normalized spacial score (nSPS) is 19.0. The van der Waals surface area contributed by atoms with Crippen LogP contribution in [0.25, 0.3) is 0 Å². The van der Waals surface area contributed by atoms with Gasteiger partial charge in [-0.15, -0.1) is 0 Å². The second-order valence-corrected chi connectivity index (χ2v) is 23.2. The first-order valence-electron chi connectivity index (χ1n) is 33.4.